The van der Waals surface area contributed by atoms with Crippen LogP contribution in [0.1, 0.15) is 44.9 Å². The van der Waals surface area contributed by atoms with Crippen molar-refractivity contribution in [2.75, 3.05) is 33.3 Å². The molecule has 1 N–H and O–H groups in total. The Labute approximate surface area is 157 Å². The lowest BCUT2D eigenvalue weighted by atomic mass is 9.97. The topological polar surface area (TPSA) is 75.4 Å². The molecule has 144 valence electrons. The van der Waals surface area contributed by atoms with Crippen LogP contribution in [0.5, 0.6) is 5.75 Å². The standard InChI is InChI=1S/C13H18N2O3S.C6H12N/c1-18-11-3-5-12(6-4-11)19(16,17)14-13-7-2-9-15(13)10-8-13;1-2-4-6-7-5-3-1/h3-6,14H,2,7-10H2,1H3;1-6H2/q+1;. The molecule has 3 aliphatic rings. The lowest BCUT2D eigenvalue weighted by Crippen LogP contribution is -2.69. The first-order valence-corrected chi connectivity index (χ1v) is 11.1. The van der Waals surface area contributed by atoms with Crippen LogP contribution in [-0.4, -0.2) is 47.4 Å². The van der Waals surface area contributed by atoms with Gasteiger partial charge in [-0.25, -0.2) is 13.7 Å². The largest absolute Gasteiger partial charge is 0.497 e. The van der Waals surface area contributed by atoms with Gasteiger partial charge in [-0.2, -0.15) is 4.72 Å². The molecule has 0 aromatic heterocycles. The predicted octanol–water partition coefficient (Wildman–Crippen LogP) is 2.17. The fourth-order valence-corrected chi connectivity index (χ4v) is 5.30. The van der Waals surface area contributed by atoms with Crippen LogP contribution < -0.4 is 19.7 Å². The van der Waals surface area contributed by atoms with Gasteiger partial charge in [-0.05, 0) is 37.1 Å². The van der Waals surface area contributed by atoms with Gasteiger partial charge < -0.3 is 4.74 Å². The number of hydrogen-bond donors (Lipinski definition) is 1. The normalized spacial score (nSPS) is 26.0. The van der Waals surface area contributed by atoms with Crippen molar-refractivity contribution in [3.8, 4) is 5.75 Å². The van der Waals surface area contributed by atoms with Crippen LogP contribution >= 0.6 is 0 Å². The summed E-state index contributed by atoms with van der Waals surface area (Å²) in [4.78, 5) is 2.51. The van der Waals surface area contributed by atoms with Gasteiger partial charge in [-0.3, -0.25) is 0 Å². The van der Waals surface area contributed by atoms with Crippen LogP contribution in [0.15, 0.2) is 29.2 Å². The third kappa shape index (κ3) is 4.57. The molecule has 1 aromatic carbocycles. The quantitative estimate of drug-likeness (QED) is 0.814. The Bertz CT molecular complexity index is 658. The third-order valence-corrected chi connectivity index (χ3v) is 7.04. The first-order valence-electron chi connectivity index (χ1n) is 9.62. The van der Waals surface area contributed by atoms with E-state index >= 15 is 0 Å². The summed E-state index contributed by atoms with van der Waals surface area (Å²) in [5, 5.41) is 4.27. The maximum atomic E-state index is 12.4. The van der Waals surface area contributed by atoms with E-state index in [4.69, 9.17) is 4.74 Å². The Balaban J connectivity index is 0.000000236. The van der Waals surface area contributed by atoms with Gasteiger partial charge in [0.15, 0.2) is 0 Å². The predicted molar refractivity (Wildman–Crippen MR) is 102 cm³/mol. The molecule has 0 spiro atoms. The first kappa shape index (κ1) is 19.6. The molecule has 0 amide bonds. The van der Waals surface area contributed by atoms with Crippen LogP contribution in [0.4, 0.5) is 0 Å². The molecule has 3 heterocycles. The molecule has 3 saturated heterocycles. The number of sulfonamides is 1. The minimum Gasteiger partial charge on any atom is -0.497 e. The Morgan fingerprint density at radius 1 is 1.00 bits per heavy atom. The lowest BCUT2D eigenvalue weighted by molar-refractivity contribution is 0.109. The minimum absolute atomic E-state index is 0.293. The molecule has 1 aromatic rings. The van der Waals surface area contributed by atoms with E-state index in [1.165, 1.54) is 25.7 Å². The first-order chi connectivity index (χ1) is 12.6. The van der Waals surface area contributed by atoms with E-state index in [0.29, 0.717) is 10.6 Å². The smallest absolute Gasteiger partial charge is 0.245 e. The molecule has 3 fully saturated rings. The summed E-state index contributed by atoms with van der Waals surface area (Å²) in [5.41, 5.74) is -0.321. The Kier molecular flexibility index (Phi) is 6.55. The molecule has 26 heavy (non-hydrogen) atoms. The molecule has 3 aliphatic heterocycles. The molecule has 0 aliphatic carbocycles. The van der Waals surface area contributed by atoms with Crippen LogP contribution in [0.25, 0.3) is 0 Å². The van der Waals surface area contributed by atoms with Gasteiger partial charge in [-0.15, -0.1) is 4.90 Å². The van der Waals surface area contributed by atoms with Crippen LogP contribution in [0.2, 0.25) is 0 Å². The zero-order valence-electron chi connectivity index (χ0n) is 15.6. The van der Waals surface area contributed by atoms with Gasteiger partial charge in [0.25, 0.3) is 0 Å². The highest BCUT2D eigenvalue weighted by molar-refractivity contribution is 7.89. The number of methoxy groups -OCH3 is 1. The second-order valence-corrected chi connectivity index (χ2v) is 8.92. The lowest BCUT2D eigenvalue weighted by Gasteiger charge is -2.37. The molecular formula is C19H30N3O3S+. The van der Waals surface area contributed by atoms with E-state index in [0.717, 1.165) is 45.4 Å². The fraction of sp³-hybridized carbons (Fsp3) is 0.684. The summed E-state index contributed by atoms with van der Waals surface area (Å²) in [5.74, 6) is 0.656. The van der Waals surface area contributed by atoms with Crippen molar-refractivity contribution in [2.24, 2.45) is 0 Å². The van der Waals surface area contributed by atoms with E-state index in [1.54, 1.807) is 31.4 Å². The number of rotatable bonds is 4. The van der Waals surface area contributed by atoms with Crippen LogP contribution in [-0.2, 0) is 10.0 Å². The van der Waals surface area contributed by atoms with Crippen LogP contribution in [0, 0.1) is 0 Å². The number of nitrogens with zero attached hydrogens (tertiary/aromatic N) is 2. The molecule has 4 rings (SSSR count). The zero-order chi connectivity index (χ0) is 18.5. The number of nitrogens with one attached hydrogen (secondary N) is 1. The Morgan fingerprint density at radius 3 is 2.23 bits per heavy atom. The van der Waals surface area contributed by atoms with Crippen molar-refractivity contribution in [3.63, 3.8) is 0 Å². The maximum absolute atomic E-state index is 12.4. The number of benzene rings is 1. The average molecular weight is 381 g/mol. The second kappa shape index (κ2) is 8.69. The van der Waals surface area contributed by atoms with Gasteiger partial charge in [-0.1, -0.05) is 12.8 Å². The molecule has 1 unspecified atom stereocenters. The summed E-state index contributed by atoms with van der Waals surface area (Å²) in [7, 11) is -1.90. The highest BCUT2D eigenvalue weighted by Crippen LogP contribution is 2.36. The van der Waals surface area contributed by atoms with Crippen molar-refractivity contribution in [3.05, 3.63) is 24.3 Å². The summed E-state index contributed by atoms with van der Waals surface area (Å²) < 4.78 is 32.7. The molecular weight excluding hydrogens is 350 g/mol. The molecule has 0 bridgehead atoms. The van der Waals surface area contributed by atoms with E-state index in [-0.39, 0.29) is 5.66 Å². The molecule has 6 nitrogen and oxygen atoms in total. The molecule has 2 radical (unpaired) electrons. The van der Waals surface area contributed by atoms with Gasteiger partial charge >= 0.3 is 0 Å². The molecule has 1 atom stereocenters. The SMILES string of the molecule is C1CCC[N]CC1.COc1ccc(S(=O)(=O)NC23CCC[N+]2CC3)cc1. The summed E-state index contributed by atoms with van der Waals surface area (Å²) in [6.45, 7) is 4.23. The number of hydrogen-bond acceptors (Lipinski definition) is 4. The van der Waals surface area contributed by atoms with E-state index in [1.807, 2.05) is 0 Å². The van der Waals surface area contributed by atoms with E-state index in [2.05, 4.69) is 14.9 Å². The van der Waals surface area contributed by atoms with Crippen molar-refractivity contribution >= 4 is 10.0 Å². The van der Waals surface area contributed by atoms with Gasteiger partial charge in [0, 0.05) is 25.9 Å². The minimum atomic E-state index is -3.46. The summed E-state index contributed by atoms with van der Waals surface area (Å²) in [6, 6.07) is 6.49. The van der Waals surface area contributed by atoms with Crippen molar-refractivity contribution in [2.45, 2.75) is 55.5 Å². The van der Waals surface area contributed by atoms with Crippen molar-refractivity contribution in [1.29, 1.82) is 0 Å². The average Bonchev–Trinajstić information content (AvgIpc) is 2.86. The van der Waals surface area contributed by atoms with E-state index < -0.39 is 10.0 Å². The van der Waals surface area contributed by atoms with E-state index in [9.17, 15) is 8.42 Å². The summed E-state index contributed by atoms with van der Waals surface area (Å²) in [6.07, 6.45) is 8.35. The number of ether oxygens (including phenoxy) is 1. The van der Waals surface area contributed by atoms with Crippen molar-refractivity contribution < 1.29 is 13.2 Å². The highest BCUT2D eigenvalue weighted by atomic mass is 32.2. The molecule has 7 heteroatoms. The monoisotopic (exact) mass is 380 g/mol. The second-order valence-electron chi connectivity index (χ2n) is 7.24. The van der Waals surface area contributed by atoms with Crippen molar-refractivity contribution in [1.82, 2.24) is 14.9 Å². The maximum Gasteiger partial charge on any atom is 0.245 e. The van der Waals surface area contributed by atoms with Crippen LogP contribution in [0.3, 0.4) is 0 Å². The number of fused-ring (bicyclic) bond motifs is 1. The van der Waals surface area contributed by atoms with Gasteiger partial charge in [0.2, 0.25) is 15.7 Å². The Morgan fingerprint density at radius 2 is 1.69 bits per heavy atom. The Hall–Kier alpha value is -1.15. The third-order valence-electron chi connectivity index (χ3n) is 5.50. The fourth-order valence-electron chi connectivity index (χ4n) is 3.85. The van der Waals surface area contributed by atoms with Gasteiger partial charge in [0.1, 0.15) is 18.8 Å². The van der Waals surface area contributed by atoms with Gasteiger partial charge in [0.05, 0.1) is 18.4 Å². The summed E-state index contributed by atoms with van der Waals surface area (Å²) >= 11 is 0. The zero-order valence-corrected chi connectivity index (χ0v) is 16.4. The highest BCUT2D eigenvalue weighted by Gasteiger charge is 2.60. The molecule has 0 saturated carbocycles.